The van der Waals surface area contributed by atoms with E-state index < -0.39 is 0 Å². The molecule has 0 saturated carbocycles. The van der Waals surface area contributed by atoms with Gasteiger partial charge in [0.15, 0.2) is 0 Å². The van der Waals surface area contributed by atoms with Gasteiger partial charge in [-0.25, -0.2) is 0 Å². The van der Waals surface area contributed by atoms with Gasteiger partial charge in [0, 0.05) is 13.7 Å². The summed E-state index contributed by atoms with van der Waals surface area (Å²) in [7, 11) is 1.57. The Hall–Kier alpha value is -1.59. The molecule has 0 bridgehead atoms. The molecule has 0 saturated heterocycles. The number of fused-ring (bicyclic) bond motifs is 1. The van der Waals surface area contributed by atoms with Crippen LogP contribution in [-0.2, 0) is 9.53 Å². The molecule has 20 heavy (non-hydrogen) atoms. The maximum atomic E-state index is 12.5. The molecule has 0 radical (unpaired) electrons. The van der Waals surface area contributed by atoms with E-state index >= 15 is 0 Å². The molecule has 2 atom stereocenters. The molecule has 0 aliphatic carbocycles. The standard InChI is InChI=1S/C15H22N2O3/c1-10-4-5-13-14(6-10)20-11(2)9-17(13)15(18)7-12(8-16)19-3/h4-6,11-12H,7-9,16H2,1-3H3. The molecular formula is C15H22N2O3. The Bertz CT molecular complexity index is 486. The molecule has 1 aliphatic rings. The topological polar surface area (TPSA) is 64.8 Å². The molecule has 0 aromatic heterocycles. The van der Waals surface area contributed by atoms with Gasteiger partial charge in [-0.1, -0.05) is 6.07 Å². The quantitative estimate of drug-likeness (QED) is 0.906. The Morgan fingerprint density at radius 3 is 3.00 bits per heavy atom. The number of benzene rings is 1. The van der Waals surface area contributed by atoms with E-state index in [4.69, 9.17) is 15.2 Å². The number of carbonyl (C=O) groups excluding carboxylic acids is 1. The molecule has 5 heteroatoms. The fraction of sp³-hybridized carbons (Fsp3) is 0.533. The highest BCUT2D eigenvalue weighted by Gasteiger charge is 2.28. The summed E-state index contributed by atoms with van der Waals surface area (Å²) in [6, 6.07) is 5.87. The number of amides is 1. The second kappa shape index (κ2) is 6.24. The molecular weight excluding hydrogens is 256 g/mol. The molecule has 1 aliphatic heterocycles. The third-order valence-electron chi connectivity index (χ3n) is 3.47. The summed E-state index contributed by atoms with van der Waals surface area (Å²) < 4.78 is 11.0. The fourth-order valence-corrected chi connectivity index (χ4v) is 2.35. The van der Waals surface area contributed by atoms with Crippen molar-refractivity contribution < 1.29 is 14.3 Å². The third kappa shape index (κ3) is 3.11. The molecule has 110 valence electrons. The number of aryl methyl sites for hydroxylation is 1. The lowest BCUT2D eigenvalue weighted by Gasteiger charge is -2.34. The van der Waals surface area contributed by atoms with Gasteiger partial charge in [-0.3, -0.25) is 4.79 Å². The van der Waals surface area contributed by atoms with E-state index in [1.165, 1.54) is 0 Å². The van der Waals surface area contributed by atoms with Crippen LogP contribution < -0.4 is 15.4 Å². The van der Waals surface area contributed by atoms with Crippen molar-refractivity contribution in [3.8, 4) is 5.75 Å². The van der Waals surface area contributed by atoms with Gasteiger partial charge in [0.1, 0.15) is 11.9 Å². The molecule has 2 unspecified atom stereocenters. The third-order valence-corrected chi connectivity index (χ3v) is 3.47. The Morgan fingerprint density at radius 2 is 2.35 bits per heavy atom. The van der Waals surface area contributed by atoms with Crippen LogP contribution in [0.2, 0.25) is 0 Å². The summed E-state index contributed by atoms with van der Waals surface area (Å²) in [6.07, 6.45) is 0.0224. The van der Waals surface area contributed by atoms with Crippen molar-refractivity contribution in [1.29, 1.82) is 0 Å². The first-order valence-corrected chi connectivity index (χ1v) is 6.85. The summed E-state index contributed by atoms with van der Waals surface area (Å²) >= 11 is 0. The number of nitrogens with two attached hydrogens (primary N) is 1. The van der Waals surface area contributed by atoms with Crippen LogP contribution in [0.3, 0.4) is 0 Å². The molecule has 2 rings (SSSR count). The van der Waals surface area contributed by atoms with Gasteiger partial charge < -0.3 is 20.1 Å². The maximum Gasteiger partial charge on any atom is 0.229 e. The van der Waals surface area contributed by atoms with Gasteiger partial charge in [-0.2, -0.15) is 0 Å². The number of methoxy groups -OCH3 is 1. The van der Waals surface area contributed by atoms with Crippen molar-refractivity contribution in [2.24, 2.45) is 5.73 Å². The number of rotatable bonds is 4. The molecule has 0 fully saturated rings. The smallest absolute Gasteiger partial charge is 0.229 e. The number of hydrogen-bond acceptors (Lipinski definition) is 4. The Labute approximate surface area is 119 Å². The predicted octanol–water partition coefficient (Wildman–Crippen LogP) is 1.47. The van der Waals surface area contributed by atoms with Crippen molar-refractivity contribution in [2.45, 2.75) is 32.5 Å². The van der Waals surface area contributed by atoms with Gasteiger partial charge in [0.2, 0.25) is 5.91 Å². The van der Waals surface area contributed by atoms with Crippen LogP contribution in [0.1, 0.15) is 18.9 Å². The van der Waals surface area contributed by atoms with E-state index in [0.717, 1.165) is 17.0 Å². The minimum Gasteiger partial charge on any atom is -0.487 e. The second-order valence-electron chi connectivity index (χ2n) is 5.20. The zero-order chi connectivity index (χ0) is 14.7. The van der Waals surface area contributed by atoms with Crippen LogP contribution in [0.4, 0.5) is 5.69 Å². The molecule has 1 aromatic carbocycles. The van der Waals surface area contributed by atoms with Crippen LogP contribution in [0, 0.1) is 6.92 Å². The second-order valence-corrected chi connectivity index (χ2v) is 5.20. The summed E-state index contributed by atoms with van der Waals surface area (Å²) in [5, 5.41) is 0. The maximum absolute atomic E-state index is 12.5. The lowest BCUT2D eigenvalue weighted by Crippen LogP contribution is -2.44. The van der Waals surface area contributed by atoms with Gasteiger partial charge in [-0.05, 0) is 31.5 Å². The Morgan fingerprint density at radius 1 is 1.60 bits per heavy atom. The lowest BCUT2D eigenvalue weighted by atomic mass is 10.1. The molecule has 0 spiro atoms. The van der Waals surface area contributed by atoms with E-state index in [0.29, 0.717) is 13.1 Å². The number of anilines is 1. The molecule has 1 aromatic rings. The van der Waals surface area contributed by atoms with Gasteiger partial charge in [0.05, 0.1) is 24.8 Å². The number of hydrogen-bond donors (Lipinski definition) is 1. The first-order valence-electron chi connectivity index (χ1n) is 6.85. The number of ether oxygens (including phenoxy) is 2. The van der Waals surface area contributed by atoms with Gasteiger partial charge >= 0.3 is 0 Å². The van der Waals surface area contributed by atoms with Crippen LogP contribution in [0.5, 0.6) is 5.75 Å². The normalized spacial score (nSPS) is 19.2. The van der Waals surface area contributed by atoms with Crippen LogP contribution >= 0.6 is 0 Å². The summed E-state index contributed by atoms with van der Waals surface area (Å²) in [5.41, 5.74) is 7.52. The monoisotopic (exact) mass is 278 g/mol. The molecule has 5 nitrogen and oxygen atoms in total. The average molecular weight is 278 g/mol. The van der Waals surface area contributed by atoms with E-state index in [-0.39, 0.29) is 24.5 Å². The van der Waals surface area contributed by atoms with Crippen molar-refractivity contribution in [3.63, 3.8) is 0 Å². The largest absolute Gasteiger partial charge is 0.487 e. The molecule has 1 amide bonds. The van der Waals surface area contributed by atoms with E-state index in [1.807, 2.05) is 32.0 Å². The lowest BCUT2D eigenvalue weighted by molar-refractivity contribution is -0.121. The van der Waals surface area contributed by atoms with Crippen molar-refractivity contribution in [3.05, 3.63) is 23.8 Å². The average Bonchev–Trinajstić information content (AvgIpc) is 2.43. The zero-order valence-corrected chi connectivity index (χ0v) is 12.3. The highest BCUT2D eigenvalue weighted by molar-refractivity contribution is 5.95. The SMILES string of the molecule is COC(CN)CC(=O)N1CC(C)Oc2cc(C)ccc21. The van der Waals surface area contributed by atoms with Crippen molar-refractivity contribution >= 4 is 11.6 Å². The minimum atomic E-state index is -0.241. The number of nitrogens with zero attached hydrogens (tertiary/aromatic N) is 1. The van der Waals surface area contributed by atoms with Crippen LogP contribution in [0.15, 0.2) is 18.2 Å². The Kier molecular flexibility index (Phi) is 4.62. The Balaban J connectivity index is 2.22. The highest BCUT2D eigenvalue weighted by atomic mass is 16.5. The van der Waals surface area contributed by atoms with Gasteiger partial charge in [0.25, 0.3) is 0 Å². The van der Waals surface area contributed by atoms with E-state index in [9.17, 15) is 4.79 Å². The number of carbonyl (C=O) groups is 1. The first-order chi connectivity index (χ1) is 9.55. The zero-order valence-electron chi connectivity index (χ0n) is 12.3. The highest BCUT2D eigenvalue weighted by Crippen LogP contribution is 2.34. The minimum absolute atomic E-state index is 0.0163. The van der Waals surface area contributed by atoms with Crippen LogP contribution in [-0.4, -0.2) is 38.3 Å². The van der Waals surface area contributed by atoms with Crippen molar-refractivity contribution in [2.75, 3.05) is 25.1 Å². The first kappa shape index (κ1) is 14.8. The summed E-state index contributed by atoms with van der Waals surface area (Å²) in [5.74, 6) is 0.779. The van der Waals surface area contributed by atoms with Crippen LogP contribution in [0.25, 0.3) is 0 Å². The predicted molar refractivity (Wildman–Crippen MR) is 78.1 cm³/mol. The molecule has 2 N–H and O–H groups in total. The molecule has 1 heterocycles. The summed E-state index contributed by atoms with van der Waals surface area (Å²) in [6.45, 7) is 4.85. The van der Waals surface area contributed by atoms with Gasteiger partial charge in [-0.15, -0.1) is 0 Å². The fourth-order valence-electron chi connectivity index (χ4n) is 2.35. The summed E-state index contributed by atoms with van der Waals surface area (Å²) in [4.78, 5) is 14.2. The van der Waals surface area contributed by atoms with E-state index in [2.05, 4.69) is 0 Å². The van der Waals surface area contributed by atoms with E-state index in [1.54, 1.807) is 12.0 Å². The van der Waals surface area contributed by atoms with Crippen molar-refractivity contribution in [1.82, 2.24) is 0 Å².